The smallest absolute Gasteiger partial charge is 0.252 e. The van der Waals surface area contributed by atoms with Gasteiger partial charge < -0.3 is 19.8 Å². The number of aliphatic hydroxyl groups is 2. The van der Waals surface area contributed by atoms with E-state index in [0.29, 0.717) is 22.5 Å². The zero-order chi connectivity index (χ0) is 21.3. The van der Waals surface area contributed by atoms with E-state index in [1.54, 1.807) is 6.07 Å². The van der Waals surface area contributed by atoms with Crippen LogP contribution in [-0.2, 0) is 9.53 Å². The lowest BCUT2D eigenvalue weighted by Gasteiger charge is -2.45. The average molecular weight is 450 g/mol. The Morgan fingerprint density at radius 1 is 1.07 bits per heavy atom. The van der Waals surface area contributed by atoms with Crippen LogP contribution in [0.15, 0.2) is 48.5 Å². The highest BCUT2D eigenvalue weighted by atomic mass is 35.5. The van der Waals surface area contributed by atoms with Crippen molar-refractivity contribution in [1.29, 1.82) is 0 Å². The Kier molecular flexibility index (Phi) is 6.66. The van der Waals surface area contributed by atoms with Crippen LogP contribution in [0.3, 0.4) is 0 Å². The molecule has 160 valence electrons. The summed E-state index contributed by atoms with van der Waals surface area (Å²) in [7, 11) is 0. The number of halogens is 2. The van der Waals surface area contributed by atoms with Gasteiger partial charge in [-0.2, -0.15) is 0 Å². The number of benzene rings is 2. The van der Waals surface area contributed by atoms with E-state index in [1.807, 2.05) is 47.4 Å². The van der Waals surface area contributed by atoms with Crippen LogP contribution in [0.4, 0.5) is 0 Å². The number of hydrogen-bond acceptors (Lipinski definition) is 4. The summed E-state index contributed by atoms with van der Waals surface area (Å²) < 4.78 is 6.29. The lowest BCUT2D eigenvalue weighted by atomic mass is 9.90. The van der Waals surface area contributed by atoms with Crippen LogP contribution in [0.1, 0.15) is 42.5 Å². The number of morpholine rings is 1. The summed E-state index contributed by atoms with van der Waals surface area (Å²) in [5.74, 6) is 0.318. The third kappa shape index (κ3) is 4.82. The van der Waals surface area contributed by atoms with Crippen molar-refractivity contribution in [2.24, 2.45) is 5.92 Å². The van der Waals surface area contributed by atoms with Gasteiger partial charge in [0, 0.05) is 23.0 Å². The van der Waals surface area contributed by atoms with Gasteiger partial charge >= 0.3 is 0 Å². The molecule has 0 radical (unpaired) electrons. The van der Waals surface area contributed by atoms with Gasteiger partial charge in [-0.1, -0.05) is 47.5 Å². The fraction of sp³-hybridized carbons (Fsp3) is 0.435. The summed E-state index contributed by atoms with van der Waals surface area (Å²) in [6.07, 6.45) is -0.0709. The normalized spacial score (nSPS) is 25.4. The number of carbonyl (C=O) groups is 1. The molecule has 1 aliphatic heterocycles. The summed E-state index contributed by atoms with van der Waals surface area (Å²) in [5.41, 5.74) is 1.79. The van der Waals surface area contributed by atoms with Gasteiger partial charge in [-0.25, -0.2) is 0 Å². The quantitative estimate of drug-likeness (QED) is 0.665. The standard InChI is InChI=1S/C23H25Cl2NO4/c24-17-8-6-15(7-9-17)21-22(16-2-1-3-18(25)10-16)30-20(11-19(28)13-27)23(29)26(21)12-14-4-5-14/h1-3,6-10,14,19-22,27-28H,4-5,11-13H2/t19-,20+,21-,22-/m1/s1. The molecule has 2 aromatic carbocycles. The number of ether oxygens (including phenoxy) is 1. The second-order valence-electron chi connectivity index (χ2n) is 8.10. The molecule has 4 rings (SSSR count). The first-order valence-electron chi connectivity index (χ1n) is 10.2. The lowest BCUT2D eigenvalue weighted by molar-refractivity contribution is -0.179. The second kappa shape index (κ2) is 9.25. The summed E-state index contributed by atoms with van der Waals surface area (Å²) in [4.78, 5) is 15.3. The van der Waals surface area contributed by atoms with Gasteiger partial charge in [0.1, 0.15) is 12.2 Å². The zero-order valence-corrected chi connectivity index (χ0v) is 18.0. The van der Waals surface area contributed by atoms with Crippen molar-refractivity contribution in [2.45, 2.75) is 43.6 Å². The molecule has 0 aromatic heterocycles. The van der Waals surface area contributed by atoms with Gasteiger partial charge in [-0.05, 0) is 54.2 Å². The first kappa shape index (κ1) is 21.6. The van der Waals surface area contributed by atoms with E-state index in [0.717, 1.165) is 24.0 Å². The van der Waals surface area contributed by atoms with Crippen LogP contribution in [0, 0.1) is 5.92 Å². The van der Waals surface area contributed by atoms with Gasteiger partial charge in [0.25, 0.3) is 5.91 Å². The molecule has 1 aliphatic carbocycles. The zero-order valence-electron chi connectivity index (χ0n) is 16.5. The van der Waals surface area contributed by atoms with E-state index >= 15 is 0 Å². The van der Waals surface area contributed by atoms with Gasteiger partial charge in [0.15, 0.2) is 0 Å². The number of amides is 1. The lowest BCUT2D eigenvalue weighted by Crippen LogP contribution is -2.52. The highest BCUT2D eigenvalue weighted by Gasteiger charge is 2.46. The van der Waals surface area contributed by atoms with Gasteiger partial charge in [0.2, 0.25) is 0 Å². The van der Waals surface area contributed by atoms with E-state index in [2.05, 4.69) is 0 Å². The first-order chi connectivity index (χ1) is 14.5. The second-order valence-corrected chi connectivity index (χ2v) is 8.98. The van der Waals surface area contributed by atoms with Crippen molar-refractivity contribution >= 4 is 29.1 Å². The highest BCUT2D eigenvalue weighted by Crippen LogP contribution is 2.45. The molecule has 0 spiro atoms. The summed E-state index contributed by atoms with van der Waals surface area (Å²) in [5, 5.41) is 20.5. The number of carbonyl (C=O) groups excluding carboxylic acids is 1. The third-order valence-corrected chi connectivity index (χ3v) is 6.22. The van der Waals surface area contributed by atoms with E-state index in [1.165, 1.54) is 0 Å². The molecule has 1 heterocycles. The Labute approximate surface area is 186 Å². The molecule has 2 fully saturated rings. The fourth-order valence-corrected chi connectivity index (χ4v) is 4.34. The van der Waals surface area contributed by atoms with Crippen LogP contribution >= 0.6 is 23.2 Å². The predicted octanol–water partition coefficient (Wildman–Crippen LogP) is 4.16. The third-order valence-electron chi connectivity index (χ3n) is 5.73. The van der Waals surface area contributed by atoms with Crippen LogP contribution in [0.2, 0.25) is 10.0 Å². The molecule has 7 heteroatoms. The maximum absolute atomic E-state index is 13.4. The SMILES string of the molecule is O=C1[C@H](C[C@@H](O)CO)O[C@H](c2cccc(Cl)c2)[C@@H](c2ccc(Cl)cc2)N1CC1CC1. The molecule has 0 unspecified atom stereocenters. The summed E-state index contributed by atoms with van der Waals surface area (Å²) in [6, 6.07) is 14.6. The number of hydrogen-bond donors (Lipinski definition) is 2. The molecular weight excluding hydrogens is 425 g/mol. The molecule has 1 saturated carbocycles. The van der Waals surface area contributed by atoms with Gasteiger partial charge in [-0.15, -0.1) is 0 Å². The molecule has 4 atom stereocenters. The Morgan fingerprint density at radius 3 is 2.43 bits per heavy atom. The van der Waals surface area contributed by atoms with Crippen molar-refractivity contribution in [3.05, 3.63) is 69.7 Å². The minimum Gasteiger partial charge on any atom is -0.394 e. The van der Waals surface area contributed by atoms with Gasteiger partial charge in [-0.3, -0.25) is 4.79 Å². The van der Waals surface area contributed by atoms with Crippen molar-refractivity contribution in [2.75, 3.05) is 13.2 Å². The Balaban J connectivity index is 1.76. The number of rotatable bonds is 7. The molecule has 2 aromatic rings. The topological polar surface area (TPSA) is 70.0 Å². The predicted molar refractivity (Wildman–Crippen MR) is 115 cm³/mol. The molecule has 2 aliphatic rings. The Morgan fingerprint density at radius 2 is 1.80 bits per heavy atom. The Bertz CT molecular complexity index is 887. The summed E-state index contributed by atoms with van der Waals surface area (Å²) in [6.45, 7) is 0.219. The summed E-state index contributed by atoms with van der Waals surface area (Å²) >= 11 is 12.4. The number of aliphatic hydroxyl groups excluding tert-OH is 2. The molecule has 5 nitrogen and oxygen atoms in total. The van der Waals surface area contributed by atoms with E-state index in [-0.39, 0.29) is 18.4 Å². The van der Waals surface area contributed by atoms with E-state index in [9.17, 15) is 15.0 Å². The molecule has 0 bridgehead atoms. The van der Waals surface area contributed by atoms with Gasteiger partial charge in [0.05, 0.1) is 18.8 Å². The fourth-order valence-electron chi connectivity index (χ4n) is 4.01. The van der Waals surface area contributed by atoms with Crippen LogP contribution in [0.5, 0.6) is 0 Å². The van der Waals surface area contributed by atoms with E-state index in [4.69, 9.17) is 27.9 Å². The number of nitrogens with zero attached hydrogens (tertiary/aromatic N) is 1. The van der Waals surface area contributed by atoms with Crippen molar-refractivity contribution in [3.8, 4) is 0 Å². The Hall–Kier alpha value is -1.63. The van der Waals surface area contributed by atoms with Crippen molar-refractivity contribution in [3.63, 3.8) is 0 Å². The minimum atomic E-state index is -1.02. The van der Waals surface area contributed by atoms with E-state index < -0.39 is 24.9 Å². The van der Waals surface area contributed by atoms with Crippen molar-refractivity contribution < 1.29 is 19.7 Å². The monoisotopic (exact) mass is 449 g/mol. The molecular formula is C23H25Cl2NO4. The molecule has 2 N–H and O–H groups in total. The maximum Gasteiger partial charge on any atom is 0.252 e. The first-order valence-corrected chi connectivity index (χ1v) is 11.0. The maximum atomic E-state index is 13.4. The highest BCUT2D eigenvalue weighted by molar-refractivity contribution is 6.30. The van der Waals surface area contributed by atoms with Crippen LogP contribution in [0.25, 0.3) is 0 Å². The molecule has 1 saturated heterocycles. The largest absolute Gasteiger partial charge is 0.394 e. The van der Waals surface area contributed by atoms with Crippen molar-refractivity contribution in [1.82, 2.24) is 4.90 Å². The molecule has 30 heavy (non-hydrogen) atoms. The van der Waals surface area contributed by atoms with Crippen LogP contribution in [-0.4, -0.2) is 46.4 Å². The minimum absolute atomic E-state index is 0.0426. The molecule has 1 amide bonds. The van der Waals surface area contributed by atoms with Crippen LogP contribution < -0.4 is 0 Å². The average Bonchev–Trinajstić information content (AvgIpc) is 3.55.